The van der Waals surface area contributed by atoms with Gasteiger partial charge in [0.1, 0.15) is 0 Å². The van der Waals surface area contributed by atoms with Gasteiger partial charge in [-0.15, -0.1) is 0 Å². The third-order valence-corrected chi connectivity index (χ3v) is 8.58. The zero-order valence-electron chi connectivity index (χ0n) is 15.5. The van der Waals surface area contributed by atoms with Crippen LogP contribution in [0.15, 0.2) is 11.3 Å². The highest BCUT2D eigenvalue weighted by molar-refractivity contribution is 5.95. The molecule has 0 unspecified atom stereocenters. The largest absolute Gasteiger partial charge is 0.393 e. The van der Waals surface area contributed by atoms with Crippen molar-refractivity contribution in [2.24, 2.45) is 34.5 Å². The van der Waals surface area contributed by atoms with Crippen molar-refractivity contribution in [3.05, 3.63) is 21.4 Å². The molecule has 7 atom stereocenters. The molecule has 25 heavy (non-hydrogen) atoms. The summed E-state index contributed by atoms with van der Waals surface area (Å²) in [6, 6.07) is 0. The van der Waals surface area contributed by atoms with Crippen molar-refractivity contribution in [1.82, 2.24) is 0 Å². The van der Waals surface area contributed by atoms with Crippen LogP contribution < -0.4 is 0 Å². The highest BCUT2D eigenvalue weighted by Gasteiger charge is 2.62. The van der Waals surface area contributed by atoms with Crippen molar-refractivity contribution >= 4 is 5.78 Å². The Morgan fingerprint density at radius 3 is 2.56 bits per heavy atom. The van der Waals surface area contributed by atoms with Crippen molar-refractivity contribution < 1.29 is 14.8 Å². The molecule has 138 valence electrons. The van der Waals surface area contributed by atoms with Crippen molar-refractivity contribution in [1.29, 1.82) is 0 Å². The van der Waals surface area contributed by atoms with Crippen LogP contribution in [0.3, 0.4) is 0 Å². The second-order valence-corrected chi connectivity index (χ2v) is 9.53. The Bertz CT molecular complexity index is 671. The Labute approximate surface area is 149 Å². The average Bonchev–Trinajstić information content (AvgIpc) is 2.84. The zero-order chi connectivity index (χ0) is 18.1. The first-order valence-electron chi connectivity index (χ1n) is 9.79. The normalized spacial score (nSPS) is 49.4. The summed E-state index contributed by atoms with van der Waals surface area (Å²) in [5.74, 6) is 1.47. The number of allylic oxidation sites excluding steroid dienone is 1. The van der Waals surface area contributed by atoms with Gasteiger partial charge in [0, 0.05) is 12.0 Å². The molecule has 0 heterocycles. The molecule has 0 spiro atoms. The first-order chi connectivity index (χ1) is 11.7. The first kappa shape index (κ1) is 17.2. The van der Waals surface area contributed by atoms with E-state index in [1.807, 2.05) is 0 Å². The van der Waals surface area contributed by atoms with Gasteiger partial charge in [0.25, 0.3) is 0 Å². The molecule has 4 aliphatic rings. The van der Waals surface area contributed by atoms with Gasteiger partial charge in [0.15, 0.2) is 0 Å². The van der Waals surface area contributed by atoms with Crippen LogP contribution in [0.25, 0.3) is 0 Å². The molecule has 0 radical (unpaired) electrons. The number of aliphatic hydroxyl groups is 1. The quantitative estimate of drug-likeness (QED) is 0.579. The van der Waals surface area contributed by atoms with Gasteiger partial charge >= 0.3 is 5.70 Å². The number of hydrogen-bond donors (Lipinski definition) is 1. The maximum Gasteiger partial charge on any atom is 0.311 e. The Kier molecular flexibility index (Phi) is 3.70. The topological polar surface area (TPSA) is 80.4 Å². The van der Waals surface area contributed by atoms with Crippen LogP contribution >= 0.6 is 0 Å². The Hall–Kier alpha value is -1.23. The minimum absolute atomic E-state index is 0.00340. The van der Waals surface area contributed by atoms with E-state index in [4.69, 9.17) is 0 Å². The molecule has 0 aromatic heterocycles. The van der Waals surface area contributed by atoms with Gasteiger partial charge in [-0.25, -0.2) is 0 Å². The van der Waals surface area contributed by atoms with Gasteiger partial charge in [0.2, 0.25) is 5.78 Å². The monoisotopic (exact) mass is 347 g/mol. The van der Waals surface area contributed by atoms with Crippen LogP contribution in [0.5, 0.6) is 0 Å². The number of aliphatic hydroxyl groups excluding tert-OH is 1. The molecule has 0 aromatic rings. The van der Waals surface area contributed by atoms with E-state index in [0.717, 1.165) is 37.7 Å². The van der Waals surface area contributed by atoms with Crippen molar-refractivity contribution in [2.75, 3.05) is 0 Å². The molecule has 1 N–H and O–H groups in total. The summed E-state index contributed by atoms with van der Waals surface area (Å²) in [5.41, 5.74) is 0.509. The maximum atomic E-state index is 12.2. The van der Waals surface area contributed by atoms with E-state index in [9.17, 15) is 20.0 Å². The molecule has 5 nitrogen and oxygen atoms in total. The zero-order valence-corrected chi connectivity index (χ0v) is 15.5. The first-order valence-corrected chi connectivity index (χ1v) is 9.79. The Morgan fingerprint density at radius 2 is 1.88 bits per heavy atom. The van der Waals surface area contributed by atoms with E-state index in [1.54, 1.807) is 0 Å². The fourth-order valence-electron chi connectivity index (χ4n) is 7.19. The number of hydrogen-bond acceptors (Lipinski definition) is 4. The van der Waals surface area contributed by atoms with Gasteiger partial charge in [-0.05, 0) is 73.0 Å². The summed E-state index contributed by atoms with van der Waals surface area (Å²) in [6.07, 6.45) is 5.47. The summed E-state index contributed by atoms with van der Waals surface area (Å²) in [6.45, 7) is 6.63. The number of nitrogens with zero attached hydrogens (tertiary/aromatic N) is 1. The number of carbonyl (C=O) groups is 1. The summed E-state index contributed by atoms with van der Waals surface area (Å²) in [5, 5.41) is 22.2. The van der Waals surface area contributed by atoms with Gasteiger partial charge in [-0.2, -0.15) is 0 Å². The molecule has 4 aliphatic carbocycles. The van der Waals surface area contributed by atoms with E-state index < -0.39 is 4.92 Å². The fourth-order valence-corrected chi connectivity index (χ4v) is 7.19. The lowest BCUT2D eigenvalue weighted by molar-refractivity contribution is -0.422. The van der Waals surface area contributed by atoms with Crippen LogP contribution in [-0.2, 0) is 4.79 Å². The third-order valence-electron chi connectivity index (χ3n) is 8.58. The van der Waals surface area contributed by atoms with Crippen LogP contribution in [0.2, 0.25) is 0 Å². The summed E-state index contributed by atoms with van der Waals surface area (Å²) in [7, 11) is 0. The third kappa shape index (κ3) is 2.14. The lowest BCUT2D eigenvalue weighted by atomic mass is 9.45. The van der Waals surface area contributed by atoms with Crippen LogP contribution in [-0.4, -0.2) is 21.9 Å². The summed E-state index contributed by atoms with van der Waals surface area (Å²) in [4.78, 5) is 23.4. The number of Topliss-reactive ketones (excluding diaryl/α,β-unsaturated/α-hetero) is 1. The summed E-state index contributed by atoms with van der Waals surface area (Å²) < 4.78 is 0. The molecular weight excluding hydrogens is 318 g/mol. The fraction of sp³-hybridized carbons (Fsp3) is 0.850. The molecule has 0 bridgehead atoms. The van der Waals surface area contributed by atoms with E-state index >= 15 is 0 Å². The lowest BCUT2D eigenvalue weighted by Gasteiger charge is -2.59. The van der Waals surface area contributed by atoms with Crippen LogP contribution in [0.4, 0.5) is 0 Å². The van der Waals surface area contributed by atoms with Crippen LogP contribution in [0.1, 0.15) is 65.7 Å². The molecular formula is C20H29NO4. The van der Waals surface area contributed by atoms with Crippen molar-refractivity contribution in [3.8, 4) is 0 Å². The number of nitro groups is 1. The summed E-state index contributed by atoms with van der Waals surface area (Å²) >= 11 is 0. The van der Waals surface area contributed by atoms with Gasteiger partial charge in [0.05, 0.1) is 11.0 Å². The molecule has 0 amide bonds. The van der Waals surface area contributed by atoms with Gasteiger partial charge < -0.3 is 5.11 Å². The van der Waals surface area contributed by atoms with E-state index in [0.29, 0.717) is 36.5 Å². The second-order valence-electron chi connectivity index (χ2n) is 9.53. The predicted octanol–water partition coefficient (Wildman–Crippen LogP) is 3.73. The van der Waals surface area contributed by atoms with E-state index in [1.165, 1.54) is 0 Å². The lowest BCUT2D eigenvalue weighted by Crippen LogP contribution is -2.54. The van der Waals surface area contributed by atoms with Crippen LogP contribution in [0, 0.1) is 44.6 Å². The SMILES string of the molecule is C[C@@H]1CC2=C([N+](=O)[O-])C(=O)CC[C@]2(C)[C@H]2CC[C@]3(C)[C@H](O)CC[C@H]3[C@H]12. The number of ketones is 1. The predicted molar refractivity (Wildman–Crippen MR) is 93.2 cm³/mol. The van der Waals surface area contributed by atoms with Crippen molar-refractivity contribution in [3.63, 3.8) is 0 Å². The smallest absolute Gasteiger partial charge is 0.311 e. The van der Waals surface area contributed by atoms with Crippen molar-refractivity contribution in [2.45, 2.75) is 71.8 Å². The number of carbonyl (C=O) groups excluding carboxylic acids is 1. The molecule has 3 saturated carbocycles. The minimum Gasteiger partial charge on any atom is -0.393 e. The standard InChI is InChI=1S/C20H29NO4/c1-11-10-14-18(21(24)25)15(22)7-9-19(14,2)13-6-8-20(3)12(17(11)13)4-5-16(20)23/h11-13,16-17,23H,4-10H2,1-3H3/t11-,12+,13+,16-,17+,19-,20+/m1/s1. The van der Waals surface area contributed by atoms with Gasteiger partial charge in [-0.1, -0.05) is 20.8 Å². The molecule has 3 fully saturated rings. The van der Waals surface area contributed by atoms with E-state index in [2.05, 4.69) is 20.8 Å². The maximum absolute atomic E-state index is 12.2. The molecule has 0 aromatic carbocycles. The number of fused-ring (bicyclic) bond motifs is 5. The Balaban J connectivity index is 1.80. The second kappa shape index (κ2) is 5.38. The highest BCUT2D eigenvalue weighted by Crippen LogP contribution is 2.67. The average molecular weight is 347 g/mol. The molecule has 0 aliphatic heterocycles. The highest BCUT2D eigenvalue weighted by atomic mass is 16.6. The number of rotatable bonds is 1. The molecule has 5 heteroatoms. The Morgan fingerprint density at radius 1 is 1.16 bits per heavy atom. The van der Waals surface area contributed by atoms with E-state index in [-0.39, 0.29) is 28.4 Å². The minimum atomic E-state index is -0.422. The van der Waals surface area contributed by atoms with Gasteiger partial charge in [-0.3, -0.25) is 14.9 Å². The molecule has 4 rings (SSSR count). The molecule has 0 saturated heterocycles.